The fraction of sp³-hybridized carbons (Fsp3) is 0.368. The van der Waals surface area contributed by atoms with Gasteiger partial charge in [-0.05, 0) is 32.9 Å². The first-order valence-electron chi connectivity index (χ1n) is 8.68. The topological polar surface area (TPSA) is 53.4 Å². The highest BCUT2D eigenvalue weighted by molar-refractivity contribution is 5.42. The number of benzene rings is 1. The number of nitrogens with one attached hydrogen (secondary N) is 1. The molecule has 1 aromatic carbocycles. The number of rotatable bonds is 3. The van der Waals surface area contributed by atoms with Gasteiger partial charge in [0.25, 0.3) is 5.56 Å². The van der Waals surface area contributed by atoms with Crippen LogP contribution in [0.4, 0.5) is 8.78 Å². The first-order valence-corrected chi connectivity index (χ1v) is 8.68. The number of nitrogens with zero attached hydrogens (tertiary/aromatic N) is 3. The maximum absolute atomic E-state index is 13.9. The normalized spacial score (nSPS) is 18.1. The molecular weight excluding hydrogens is 338 g/mol. The molecule has 1 aliphatic rings. The minimum Gasteiger partial charge on any atom is -0.298 e. The number of hydrogen-bond acceptors (Lipinski definition) is 3. The summed E-state index contributed by atoms with van der Waals surface area (Å²) >= 11 is 0. The van der Waals surface area contributed by atoms with Gasteiger partial charge in [-0.2, -0.15) is 0 Å². The molecule has 136 valence electrons. The second kappa shape index (κ2) is 6.32. The van der Waals surface area contributed by atoms with Gasteiger partial charge in [-0.25, -0.2) is 18.3 Å². The number of aromatic nitrogens is 3. The molecule has 3 aromatic rings. The molecule has 5 nitrogen and oxygen atoms in total. The van der Waals surface area contributed by atoms with Gasteiger partial charge in [0.1, 0.15) is 0 Å². The van der Waals surface area contributed by atoms with E-state index in [2.05, 4.69) is 15.0 Å². The second-order valence-electron chi connectivity index (χ2n) is 6.97. The molecule has 7 heteroatoms. The molecule has 1 aliphatic heterocycles. The lowest BCUT2D eigenvalue weighted by Gasteiger charge is -2.16. The van der Waals surface area contributed by atoms with Crippen molar-refractivity contribution in [1.29, 1.82) is 0 Å². The Hall–Kier alpha value is -2.54. The lowest BCUT2D eigenvalue weighted by atomic mass is 10.1. The summed E-state index contributed by atoms with van der Waals surface area (Å²) in [5, 5.41) is 3.16. The minimum atomic E-state index is -0.815. The van der Waals surface area contributed by atoms with E-state index in [-0.39, 0.29) is 11.5 Å². The van der Waals surface area contributed by atoms with Crippen LogP contribution in [0.25, 0.3) is 5.65 Å². The van der Waals surface area contributed by atoms with Crippen molar-refractivity contribution in [3.63, 3.8) is 0 Å². The zero-order valence-electron chi connectivity index (χ0n) is 14.7. The van der Waals surface area contributed by atoms with Crippen molar-refractivity contribution >= 4 is 5.65 Å². The molecule has 1 N–H and O–H groups in total. The highest BCUT2D eigenvalue weighted by atomic mass is 19.2. The molecular formula is C19H20F2N4O. The quantitative estimate of drug-likeness (QED) is 0.783. The Labute approximate surface area is 149 Å². The molecule has 0 saturated carbocycles. The van der Waals surface area contributed by atoms with E-state index in [0.717, 1.165) is 37.0 Å². The predicted molar refractivity (Wildman–Crippen MR) is 94.3 cm³/mol. The lowest BCUT2D eigenvalue weighted by Crippen LogP contribution is -2.21. The van der Waals surface area contributed by atoms with Gasteiger partial charge in [0, 0.05) is 47.6 Å². The monoisotopic (exact) mass is 358 g/mol. The molecule has 1 saturated heterocycles. The average molecular weight is 358 g/mol. The molecule has 0 radical (unpaired) electrons. The fourth-order valence-electron chi connectivity index (χ4n) is 3.59. The number of aromatic amines is 1. The van der Waals surface area contributed by atoms with Crippen molar-refractivity contribution in [3.05, 3.63) is 68.8 Å². The van der Waals surface area contributed by atoms with E-state index in [1.807, 2.05) is 13.0 Å². The van der Waals surface area contributed by atoms with Crippen molar-refractivity contribution in [2.45, 2.75) is 32.7 Å². The summed E-state index contributed by atoms with van der Waals surface area (Å²) in [7, 11) is 0. The van der Waals surface area contributed by atoms with E-state index in [1.54, 1.807) is 13.0 Å². The maximum atomic E-state index is 13.9. The van der Waals surface area contributed by atoms with Crippen LogP contribution in [0.1, 0.15) is 34.9 Å². The number of hydrogen-bond donors (Lipinski definition) is 1. The van der Waals surface area contributed by atoms with Crippen molar-refractivity contribution in [3.8, 4) is 0 Å². The van der Waals surface area contributed by atoms with Crippen LogP contribution >= 0.6 is 0 Å². The van der Waals surface area contributed by atoms with Gasteiger partial charge in [0.05, 0.1) is 0 Å². The lowest BCUT2D eigenvalue weighted by molar-refractivity contribution is 0.318. The van der Waals surface area contributed by atoms with Crippen molar-refractivity contribution in [2.75, 3.05) is 13.1 Å². The number of H-pyrrole nitrogens is 1. The molecule has 3 heterocycles. The van der Waals surface area contributed by atoms with Crippen LogP contribution in [0, 0.1) is 25.5 Å². The molecule has 0 spiro atoms. The third-order valence-electron chi connectivity index (χ3n) is 5.24. The predicted octanol–water partition coefficient (Wildman–Crippen LogP) is 2.91. The van der Waals surface area contributed by atoms with Crippen LogP contribution in [0.5, 0.6) is 0 Å². The summed E-state index contributed by atoms with van der Waals surface area (Å²) in [5.41, 5.74) is 3.20. The molecule has 1 atom stereocenters. The maximum Gasteiger partial charge on any atom is 0.275 e. The zero-order valence-corrected chi connectivity index (χ0v) is 14.7. The summed E-state index contributed by atoms with van der Waals surface area (Å²) in [6.45, 7) is 5.47. The SMILES string of the molecule is Cc1nc2cc([C@@H]3CCN(Cc4cccc(F)c4F)C3)[nH]n2c(=O)c1C. The highest BCUT2D eigenvalue weighted by Crippen LogP contribution is 2.28. The Kier molecular flexibility index (Phi) is 4.11. The van der Waals surface area contributed by atoms with E-state index in [9.17, 15) is 13.6 Å². The van der Waals surface area contributed by atoms with Crippen molar-refractivity contribution < 1.29 is 8.78 Å². The van der Waals surface area contributed by atoms with Crippen LogP contribution in [0.15, 0.2) is 29.1 Å². The van der Waals surface area contributed by atoms with Crippen LogP contribution < -0.4 is 5.56 Å². The third kappa shape index (κ3) is 2.82. The summed E-state index contributed by atoms with van der Waals surface area (Å²) < 4.78 is 28.7. The number of halogens is 2. The minimum absolute atomic E-state index is 0.0876. The van der Waals surface area contributed by atoms with E-state index in [0.29, 0.717) is 23.3 Å². The molecule has 0 bridgehead atoms. The number of likely N-dealkylation sites (tertiary alicyclic amines) is 1. The Bertz CT molecular complexity index is 1040. The fourth-order valence-corrected chi connectivity index (χ4v) is 3.59. The van der Waals surface area contributed by atoms with Crippen LogP contribution in [-0.2, 0) is 6.54 Å². The summed E-state index contributed by atoms with van der Waals surface area (Å²) in [6.07, 6.45) is 0.885. The number of aryl methyl sites for hydroxylation is 1. The van der Waals surface area contributed by atoms with E-state index < -0.39 is 11.6 Å². The summed E-state index contributed by atoms with van der Waals surface area (Å²) in [5.74, 6) is -1.39. The Morgan fingerprint density at radius 2 is 2.12 bits per heavy atom. The van der Waals surface area contributed by atoms with Crippen LogP contribution in [-0.4, -0.2) is 32.6 Å². The zero-order chi connectivity index (χ0) is 18.4. The third-order valence-corrected chi connectivity index (χ3v) is 5.24. The Morgan fingerprint density at radius 3 is 2.92 bits per heavy atom. The van der Waals surface area contributed by atoms with Gasteiger partial charge in [0.2, 0.25) is 0 Å². The highest BCUT2D eigenvalue weighted by Gasteiger charge is 2.26. The second-order valence-corrected chi connectivity index (χ2v) is 6.97. The molecule has 0 amide bonds. The van der Waals surface area contributed by atoms with Crippen LogP contribution in [0.2, 0.25) is 0 Å². The smallest absolute Gasteiger partial charge is 0.275 e. The van der Waals surface area contributed by atoms with E-state index in [4.69, 9.17) is 0 Å². The average Bonchev–Trinajstić information content (AvgIpc) is 3.24. The Morgan fingerprint density at radius 1 is 1.31 bits per heavy atom. The molecule has 4 rings (SSSR count). The van der Waals surface area contributed by atoms with Gasteiger partial charge in [-0.15, -0.1) is 0 Å². The van der Waals surface area contributed by atoms with E-state index >= 15 is 0 Å². The Balaban J connectivity index is 1.55. The summed E-state index contributed by atoms with van der Waals surface area (Å²) in [4.78, 5) is 18.9. The standard InChI is InChI=1S/C19H20F2N4O/c1-11-12(2)22-17-8-16(23-25(17)19(11)26)13-6-7-24(9-13)10-14-4-3-5-15(20)18(14)21/h3-5,8,13,23H,6-7,9-10H2,1-2H3/t13-/m1/s1. The first kappa shape index (κ1) is 16.9. The molecule has 1 fully saturated rings. The molecule has 0 aliphatic carbocycles. The van der Waals surface area contributed by atoms with Gasteiger partial charge in [-0.3, -0.25) is 14.8 Å². The van der Waals surface area contributed by atoms with E-state index in [1.165, 1.54) is 10.6 Å². The van der Waals surface area contributed by atoms with Gasteiger partial charge < -0.3 is 0 Å². The van der Waals surface area contributed by atoms with Gasteiger partial charge >= 0.3 is 0 Å². The number of fused-ring (bicyclic) bond motifs is 1. The van der Waals surface area contributed by atoms with Crippen molar-refractivity contribution in [2.24, 2.45) is 0 Å². The van der Waals surface area contributed by atoms with Gasteiger partial charge in [0.15, 0.2) is 17.3 Å². The largest absolute Gasteiger partial charge is 0.298 e. The van der Waals surface area contributed by atoms with Crippen LogP contribution in [0.3, 0.4) is 0 Å². The molecule has 0 unspecified atom stereocenters. The molecule has 26 heavy (non-hydrogen) atoms. The van der Waals surface area contributed by atoms with Crippen molar-refractivity contribution in [1.82, 2.24) is 19.5 Å². The summed E-state index contributed by atoms with van der Waals surface area (Å²) in [6, 6.07) is 6.18. The van der Waals surface area contributed by atoms with Gasteiger partial charge in [-0.1, -0.05) is 12.1 Å². The molecule has 2 aromatic heterocycles. The first-order chi connectivity index (χ1) is 12.4.